The molecule has 5 heterocycles. The van der Waals surface area contributed by atoms with Gasteiger partial charge in [-0.05, 0) is 68.2 Å². The van der Waals surface area contributed by atoms with Gasteiger partial charge in [0, 0.05) is 92.6 Å². The summed E-state index contributed by atoms with van der Waals surface area (Å²) in [6, 6.07) is 7.09. The van der Waals surface area contributed by atoms with Crippen molar-refractivity contribution in [1.29, 1.82) is 0 Å². The Morgan fingerprint density at radius 1 is 0.970 bits per heavy atom. The molecule has 4 aliphatic heterocycles. The molecule has 16 nitrogen and oxygen atoms in total. The van der Waals surface area contributed by atoms with E-state index in [9.17, 15) is 24.0 Å². The molecule has 1 aromatic heterocycles. The van der Waals surface area contributed by atoms with Crippen molar-refractivity contribution in [2.24, 2.45) is 16.6 Å². The topological polar surface area (TPSA) is 205 Å². The smallest absolute Gasteiger partial charge is 0.264 e. The summed E-state index contributed by atoms with van der Waals surface area (Å²) in [5.41, 5.74) is 10.5. The zero-order valence-electron chi connectivity index (χ0n) is 37.8. The molecule has 8 rings (SSSR count). The largest absolute Gasteiger partial charge is 0.404 e. The van der Waals surface area contributed by atoms with E-state index < -0.39 is 41.3 Å². The van der Waals surface area contributed by atoms with Crippen LogP contribution in [-0.2, 0) is 35.3 Å². The summed E-state index contributed by atoms with van der Waals surface area (Å²) in [5, 5.41) is 8.62. The second-order valence-corrected chi connectivity index (χ2v) is 17.8. The van der Waals surface area contributed by atoms with Gasteiger partial charge in [-0.2, -0.15) is 0 Å². The van der Waals surface area contributed by atoms with E-state index in [1.165, 1.54) is 18.3 Å². The van der Waals surface area contributed by atoms with Crippen molar-refractivity contribution in [2.75, 3.05) is 59.0 Å². The molecule has 0 spiro atoms. The predicted octanol–water partition coefficient (Wildman–Crippen LogP) is 3.90. The van der Waals surface area contributed by atoms with Crippen molar-refractivity contribution in [3.05, 3.63) is 88.5 Å². The Balaban J connectivity index is 0.743. The lowest BCUT2D eigenvalue weighted by Crippen LogP contribution is -2.54. The molecule has 0 radical (unpaired) electrons. The number of rotatable bonds is 17. The van der Waals surface area contributed by atoms with Gasteiger partial charge >= 0.3 is 0 Å². The summed E-state index contributed by atoms with van der Waals surface area (Å²) >= 11 is 0. The Morgan fingerprint density at radius 2 is 1.72 bits per heavy atom. The highest BCUT2D eigenvalue weighted by Crippen LogP contribution is 2.38. The van der Waals surface area contributed by atoms with E-state index in [-0.39, 0.29) is 42.8 Å². The summed E-state index contributed by atoms with van der Waals surface area (Å²) in [6.07, 6.45) is 12.4. The number of likely N-dealkylation sites (tertiary alicyclic amines) is 1. The molecule has 2 unspecified atom stereocenters. The maximum Gasteiger partial charge on any atom is 0.264 e. The van der Waals surface area contributed by atoms with Crippen LogP contribution in [0.4, 0.5) is 8.78 Å². The van der Waals surface area contributed by atoms with Crippen LogP contribution >= 0.6 is 0 Å². The first-order valence-corrected chi connectivity index (χ1v) is 23.4. The van der Waals surface area contributed by atoms with Crippen molar-refractivity contribution < 1.29 is 37.5 Å². The van der Waals surface area contributed by atoms with Gasteiger partial charge in [0.1, 0.15) is 17.7 Å². The first-order valence-electron chi connectivity index (χ1n) is 23.4. The number of aliphatic imine (C=N–C) groups is 1. The van der Waals surface area contributed by atoms with Crippen LogP contribution in [0.1, 0.15) is 76.0 Å². The number of aromatic nitrogens is 2. The summed E-state index contributed by atoms with van der Waals surface area (Å²) in [6.45, 7) is 7.27. The lowest BCUT2D eigenvalue weighted by atomic mass is 9.87. The summed E-state index contributed by atoms with van der Waals surface area (Å²) in [4.78, 5) is 83.2. The quantitative estimate of drug-likeness (QED) is 0.0866. The van der Waals surface area contributed by atoms with Gasteiger partial charge in [-0.3, -0.25) is 54.0 Å². The number of piperidine rings is 2. The molecule has 18 heteroatoms. The van der Waals surface area contributed by atoms with Crippen LogP contribution in [0.25, 0.3) is 27.7 Å². The molecule has 67 heavy (non-hydrogen) atoms. The minimum absolute atomic E-state index is 0.0229. The summed E-state index contributed by atoms with van der Waals surface area (Å²) < 4.78 is 36.2. The lowest BCUT2D eigenvalue weighted by Gasteiger charge is -2.29. The molecule has 2 aromatic carbocycles. The van der Waals surface area contributed by atoms with Crippen LogP contribution < -0.4 is 21.7 Å². The lowest BCUT2D eigenvalue weighted by molar-refractivity contribution is -0.150. The molecule has 3 fully saturated rings. The van der Waals surface area contributed by atoms with E-state index in [4.69, 9.17) is 20.4 Å². The van der Waals surface area contributed by atoms with Crippen LogP contribution in [0.2, 0.25) is 0 Å². The van der Waals surface area contributed by atoms with Crippen LogP contribution in [0, 0.1) is 17.6 Å². The van der Waals surface area contributed by atoms with Crippen molar-refractivity contribution in [1.82, 2.24) is 40.6 Å². The van der Waals surface area contributed by atoms with Gasteiger partial charge in [0.2, 0.25) is 17.7 Å². The Labute approximate surface area is 388 Å². The number of hydrogen-bond acceptors (Lipinski definition) is 13. The number of imide groups is 2. The number of amides is 5. The average molecular weight is 921 g/mol. The molecular formula is C49H58F2N10O6. The number of nitrogens with zero attached hydrogens (tertiary/aromatic N) is 6. The van der Waals surface area contributed by atoms with Crippen LogP contribution in [0.3, 0.4) is 0 Å². The molecule has 1 aliphatic carbocycles. The van der Waals surface area contributed by atoms with Crippen molar-refractivity contribution in [3.8, 4) is 11.1 Å². The van der Waals surface area contributed by atoms with Gasteiger partial charge in [0.05, 0.1) is 54.3 Å². The van der Waals surface area contributed by atoms with E-state index in [1.807, 2.05) is 17.9 Å². The number of carbonyl (C=O) groups is 5. The number of para-hydroxylation sites is 1. The number of hydrogen-bond donors (Lipinski definition) is 4. The molecule has 5 amide bonds. The fraction of sp³-hybridized carbons (Fsp3) is 0.469. The first kappa shape index (κ1) is 47.3. The average Bonchev–Trinajstić information content (AvgIpc) is 3.59. The highest BCUT2D eigenvalue weighted by atomic mass is 19.1. The van der Waals surface area contributed by atoms with Crippen molar-refractivity contribution in [2.45, 2.75) is 83.3 Å². The third-order valence-corrected chi connectivity index (χ3v) is 13.2. The molecule has 2 atom stereocenters. The first-order chi connectivity index (χ1) is 32.5. The standard InChI is InChI=1S/C49H58F2N10O6/c1-30-9-10-38(45-44(30)48(65)61(49(45)66)41-11-12-42(62)58-47(41)64)53-15-4-2-3-5-16-54-43(63)29-59-17-13-33(14-18-59)55-26-32(25-52)40-27-56-39-8-6-7-34(46(39)57-40)31-23-36(50)35(37(51)24-31)28-60-19-21-67-22-20-60/h6-8,10,23-27,30,33,41,53H,2-5,9,11-22,28-29,52H2,1H3,(H,54,63)(H,58,62,64). The predicted molar refractivity (Wildman–Crippen MR) is 247 cm³/mol. The van der Waals surface area contributed by atoms with E-state index in [1.54, 1.807) is 30.6 Å². The Kier molecular flexibility index (Phi) is 15.2. The minimum Gasteiger partial charge on any atom is -0.404 e. The van der Waals surface area contributed by atoms with Crippen LogP contribution in [0.15, 0.2) is 70.6 Å². The number of benzene rings is 2. The van der Waals surface area contributed by atoms with E-state index in [0.717, 1.165) is 43.4 Å². The molecular weight excluding hydrogens is 863 g/mol. The van der Waals surface area contributed by atoms with Gasteiger partial charge in [0.15, 0.2) is 0 Å². The number of fused-ring (bicyclic) bond motifs is 1. The molecule has 0 saturated carbocycles. The fourth-order valence-electron chi connectivity index (χ4n) is 9.39. The highest BCUT2D eigenvalue weighted by molar-refractivity contribution is 6.23. The zero-order valence-corrected chi connectivity index (χ0v) is 37.8. The number of unbranched alkanes of at least 4 members (excludes halogenated alkanes) is 3. The number of ether oxygens (including phenoxy) is 1. The summed E-state index contributed by atoms with van der Waals surface area (Å²) in [7, 11) is 0. The van der Waals surface area contributed by atoms with Gasteiger partial charge in [0.25, 0.3) is 11.8 Å². The molecule has 3 saturated heterocycles. The van der Waals surface area contributed by atoms with E-state index in [0.29, 0.717) is 116 Å². The van der Waals surface area contributed by atoms with Gasteiger partial charge in [-0.15, -0.1) is 0 Å². The maximum atomic E-state index is 15.4. The van der Waals surface area contributed by atoms with Crippen molar-refractivity contribution in [3.63, 3.8) is 0 Å². The minimum atomic E-state index is -0.992. The normalized spacial score (nSPS) is 21.3. The number of nitrogens with one attached hydrogen (secondary N) is 3. The maximum absolute atomic E-state index is 15.4. The van der Waals surface area contributed by atoms with Gasteiger partial charge in [-0.25, -0.2) is 13.8 Å². The molecule has 5 N–H and O–H groups in total. The van der Waals surface area contributed by atoms with E-state index in [2.05, 4.69) is 25.8 Å². The fourth-order valence-corrected chi connectivity index (χ4v) is 9.39. The number of allylic oxidation sites excluding steroid dienone is 2. The van der Waals surface area contributed by atoms with Gasteiger partial charge in [-0.1, -0.05) is 38.0 Å². The third kappa shape index (κ3) is 11.0. The van der Waals surface area contributed by atoms with Crippen LogP contribution in [-0.4, -0.2) is 132 Å². The number of carbonyl (C=O) groups excluding carboxylic acids is 5. The zero-order chi connectivity index (χ0) is 47.0. The Bertz CT molecular complexity index is 2510. The number of halogens is 2. The monoisotopic (exact) mass is 920 g/mol. The number of morpholine rings is 1. The second kappa shape index (κ2) is 21.6. The van der Waals surface area contributed by atoms with Crippen molar-refractivity contribution >= 4 is 52.4 Å². The Hall–Kier alpha value is -6.24. The SMILES string of the molecule is CC1CC=C(NCCCCCCNC(=O)CN2CCC(N=CC(=CN)c3cnc4cccc(-c5cc(F)c(CN6CCOCC6)c(F)c5)c4n3)CC2)C2=C1C(=O)N(C1CCC(=O)NC1=O)C2=O. The Morgan fingerprint density at radius 3 is 2.45 bits per heavy atom. The van der Waals surface area contributed by atoms with Gasteiger partial charge < -0.3 is 21.1 Å². The van der Waals surface area contributed by atoms with Crippen LogP contribution in [0.5, 0.6) is 0 Å². The highest BCUT2D eigenvalue weighted by Gasteiger charge is 2.49. The second-order valence-electron chi connectivity index (χ2n) is 17.8. The summed E-state index contributed by atoms with van der Waals surface area (Å²) in [5.74, 6) is -3.39. The molecule has 5 aliphatic rings. The molecule has 0 bridgehead atoms. The number of nitrogens with two attached hydrogens (primary N) is 1. The molecule has 3 aromatic rings. The molecule has 354 valence electrons. The third-order valence-electron chi connectivity index (χ3n) is 13.2. The van der Waals surface area contributed by atoms with E-state index >= 15 is 8.78 Å².